The second-order valence-electron chi connectivity index (χ2n) is 12.9. The van der Waals surface area contributed by atoms with Gasteiger partial charge in [0.25, 0.3) is 0 Å². The lowest BCUT2D eigenvalue weighted by atomic mass is 9.99. The van der Waals surface area contributed by atoms with E-state index in [0.717, 1.165) is 11.4 Å². The Bertz CT molecular complexity index is 2830. The minimum absolute atomic E-state index is 1.13. The van der Waals surface area contributed by atoms with Crippen molar-refractivity contribution in [3.8, 4) is 33.4 Å². The molecule has 10 rings (SSSR count). The van der Waals surface area contributed by atoms with Crippen molar-refractivity contribution in [2.45, 2.75) is 0 Å². The topological polar surface area (TPSA) is 3.24 Å². The van der Waals surface area contributed by atoms with E-state index < -0.39 is 0 Å². The van der Waals surface area contributed by atoms with Crippen LogP contribution in [0, 0.1) is 0 Å². The van der Waals surface area contributed by atoms with Gasteiger partial charge in [0.1, 0.15) is 0 Å². The predicted molar refractivity (Wildman–Crippen MR) is 223 cm³/mol. The molecule has 1 nitrogen and oxygen atoms in total. The number of thiophene rings is 2. The molecule has 0 unspecified atom stereocenters. The van der Waals surface area contributed by atoms with Crippen molar-refractivity contribution in [3.05, 3.63) is 188 Å². The zero-order valence-electron chi connectivity index (χ0n) is 27.7. The molecule has 240 valence electrons. The van der Waals surface area contributed by atoms with Crippen LogP contribution in [0.4, 0.5) is 17.1 Å². The highest BCUT2D eigenvalue weighted by atomic mass is 32.1. The van der Waals surface area contributed by atoms with E-state index in [9.17, 15) is 0 Å². The van der Waals surface area contributed by atoms with E-state index in [1.165, 1.54) is 79.4 Å². The van der Waals surface area contributed by atoms with Crippen molar-refractivity contribution in [2.75, 3.05) is 4.90 Å². The lowest BCUT2D eigenvalue weighted by molar-refractivity contribution is 1.31. The van der Waals surface area contributed by atoms with Gasteiger partial charge in [-0.3, -0.25) is 0 Å². The standard InChI is InChI=1S/C48H31NS2/c1-4-12-32(13-5-1)34-20-23-37(24-21-34)49(38-25-29-45-42(31-38)40-26-22-36(30-46(40)50-45)33-14-6-2-7-15-33)43-28-27-39(35-16-8-3-9-17-35)48-47(43)41-18-10-11-19-44(41)51-48/h1-31H. The minimum atomic E-state index is 1.13. The van der Waals surface area contributed by atoms with E-state index >= 15 is 0 Å². The molecule has 0 spiro atoms. The molecule has 0 aliphatic carbocycles. The molecule has 0 bridgehead atoms. The van der Waals surface area contributed by atoms with Gasteiger partial charge in [0.05, 0.1) is 5.69 Å². The van der Waals surface area contributed by atoms with Gasteiger partial charge in [-0.2, -0.15) is 0 Å². The Balaban J connectivity index is 1.20. The average molecular weight is 686 g/mol. The summed E-state index contributed by atoms with van der Waals surface area (Å²) in [5, 5.41) is 5.14. The molecule has 2 aromatic heterocycles. The van der Waals surface area contributed by atoms with Crippen LogP contribution in [-0.2, 0) is 0 Å². The van der Waals surface area contributed by atoms with Gasteiger partial charge in [-0.15, -0.1) is 22.7 Å². The largest absolute Gasteiger partial charge is 0.310 e. The Hall–Kier alpha value is -6.00. The molecular weight excluding hydrogens is 655 g/mol. The van der Waals surface area contributed by atoms with Crippen molar-refractivity contribution in [2.24, 2.45) is 0 Å². The fourth-order valence-corrected chi connectivity index (χ4v) is 9.80. The van der Waals surface area contributed by atoms with Gasteiger partial charge >= 0.3 is 0 Å². The summed E-state index contributed by atoms with van der Waals surface area (Å²) in [6, 6.07) is 68.6. The average Bonchev–Trinajstić information content (AvgIpc) is 3.78. The van der Waals surface area contributed by atoms with E-state index in [0.29, 0.717) is 0 Å². The number of anilines is 3. The van der Waals surface area contributed by atoms with Gasteiger partial charge in [-0.25, -0.2) is 0 Å². The first-order chi connectivity index (χ1) is 25.3. The van der Waals surface area contributed by atoms with Crippen molar-refractivity contribution in [1.29, 1.82) is 0 Å². The Morgan fingerprint density at radius 2 is 0.922 bits per heavy atom. The molecule has 0 atom stereocenters. The monoisotopic (exact) mass is 685 g/mol. The normalized spacial score (nSPS) is 11.5. The molecular formula is C48H31NS2. The summed E-state index contributed by atoms with van der Waals surface area (Å²) in [6.07, 6.45) is 0. The highest BCUT2D eigenvalue weighted by molar-refractivity contribution is 7.26. The third-order valence-electron chi connectivity index (χ3n) is 9.88. The van der Waals surface area contributed by atoms with Crippen molar-refractivity contribution in [1.82, 2.24) is 0 Å². The van der Waals surface area contributed by atoms with E-state index in [4.69, 9.17) is 0 Å². The maximum Gasteiger partial charge on any atom is 0.0555 e. The zero-order chi connectivity index (χ0) is 33.7. The number of benzene rings is 8. The molecule has 0 N–H and O–H groups in total. The molecule has 3 heteroatoms. The fraction of sp³-hybridized carbons (Fsp3) is 0. The Kier molecular flexibility index (Phi) is 7.26. The van der Waals surface area contributed by atoms with Crippen molar-refractivity contribution < 1.29 is 0 Å². The third kappa shape index (κ3) is 5.21. The fourth-order valence-electron chi connectivity index (χ4n) is 7.42. The van der Waals surface area contributed by atoms with Crippen LogP contribution in [0.1, 0.15) is 0 Å². The summed E-state index contributed by atoms with van der Waals surface area (Å²) in [6.45, 7) is 0. The number of nitrogens with zero attached hydrogens (tertiary/aromatic N) is 1. The van der Waals surface area contributed by atoms with Crippen LogP contribution in [0.3, 0.4) is 0 Å². The second-order valence-corrected chi connectivity index (χ2v) is 15.0. The summed E-state index contributed by atoms with van der Waals surface area (Å²) in [7, 11) is 0. The van der Waals surface area contributed by atoms with Crippen LogP contribution in [0.25, 0.3) is 73.7 Å². The molecule has 0 saturated heterocycles. The highest BCUT2D eigenvalue weighted by Crippen LogP contribution is 2.49. The lowest BCUT2D eigenvalue weighted by Crippen LogP contribution is -2.10. The van der Waals surface area contributed by atoms with Gasteiger partial charge in [0, 0.05) is 51.7 Å². The number of hydrogen-bond donors (Lipinski definition) is 0. The lowest BCUT2D eigenvalue weighted by Gasteiger charge is -2.27. The SMILES string of the molecule is c1ccc(-c2ccc(N(c3ccc4sc5cc(-c6ccccc6)ccc5c4c3)c3ccc(-c4ccccc4)c4sc5ccccc5c34)cc2)cc1. The van der Waals surface area contributed by atoms with Gasteiger partial charge < -0.3 is 4.90 Å². The smallest absolute Gasteiger partial charge is 0.0555 e. The maximum absolute atomic E-state index is 2.46. The molecule has 0 radical (unpaired) electrons. The van der Waals surface area contributed by atoms with Crippen LogP contribution >= 0.6 is 22.7 Å². The minimum Gasteiger partial charge on any atom is -0.310 e. The molecule has 0 aliphatic rings. The number of fused-ring (bicyclic) bond motifs is 6. The van der Waals surface area contributed by atoms with Gasteiger partial charge in [-0.05, 0) is 81.9 Å². The van der Waals surface area contributed by atoms with Crippen LogP contribution in [-0.4, -0.2) is 0 Å². The van der Waals surface area contributed by atoms with Gasteiger partial charge in [0.2, 0.25) is 0 Å². The summed E-state index contributed by atoms with van der Waals surface area (Å²) in [4.78, 5) is 2.46. The summed E-state index contributed by atoms with van der Waals surface area (Å²) >= 11 is 3.76. The quantitative estimate of drug-likeness (QED) is 0.168. The molecule has 0 fully saturated rings. The molecule has 51 heavy (non-hydrogen) atoms. The second kappa shape index (κ2) is 12.4. The third-order valence-corrected chi connectivity index (χ3v) is 12.2. The van der Waals surface area contributed by atoms with Crippen LogP contribution in [0.15, 0.2) is 188 Å². The van der Waals surface area contributed by atoms with Crippen LogP contribution < -0.4 is 4.90 Å². The first-order valence-electron chi connectivity index (χ1n) is 17.3. The first-order valence-corrected chi connectivity index (χ1v) is 18.9. The van der Waals surface area contributed by atoms with E-state index in [2.05, 4.69) is 193 Å². The molecule has 2 heterocycles. The molecule has 0 amide bonds. The number of hydrogen-bond acceptors (Lipinski definition) is 3. The van der Waals surface area contributed by atoms with Crippen LogP contribution in [0.2, 0.25) is 0 Å². The summed E-state index contributed by atoms with van der Waals surface area (Å²) in [5.74, 6) is 0. The van der Waals surface area contributed by atoms with Crippen LogP contribution in [0.5, 0.6) is 0 Å². The Morgan fingerprint density at radius 3 is 1.67 bits per heavy atom. The van der Waals surface area contributed by atoms with Gasteiger partial charge in [-0.1, -0.05) is 140 Å². The molecule has 10 aromatic rings. The molecule has 8 aromatic carbocycles. The molecule has 0 saturated carbocycles. The zero-order valence-corrected chi connectivity index (χ0v) is 29.3. The summed E-state index contributed by atoms with van der Waals surface area (Å²) in [5.41, 5.74) is 10.9. The Morgan fingerprint density at radius 1 is 0.333 bits per heavy atom. The predicted octanol–water partition coefficient (Wildman–Crippen LogP) is 14.9. The van der Waals surface area contributed by atoms with Crippen molar-refractivity contribution >= 4 is 80.1 Å². The van der Waals surface area contributed by atoms with E-state index in [1.807, 2.05) is 22.7 Å². The van der Waals surface area contributed by atoms with Gasteiger partial charge in [0.15, 0.2) is 0 Å². The maximum atomic E-state index is 2.46. The molecule has 0 aliphatic heterocycles. The van der Waals surface area contributed by atoms with E-state index in [1.54, 1.807) is 0 Å². The first kappa shape index (κ1) is 29.9. The Labute approximate surface area is 304 Å². The summed E-state index contributed by atoms with van der Waals surface area (Å²) < 4.78 is 5.20. The van der Waals surface area contributed by atoms with E-state index in [-0.39, 0.29) is 0 Å². The number of rotatable bonds is 6. The highest BCUT2D eigenvalue weighted by Gasteiger charge is 2.22. The van der Waals surface area contributed by atoms with Crippen molar-refractivity contribution in [3.63, 3.8) is 0 Å².